The van der Waals surface area contributed by atoms with Crippen LogP contribution in [0.25, 0.3) is 0 Å². The molecule has 1 aromatic heterocycles. The molecule has 0 aliphatic heterocycles. The topological polar surface area (TPSA) is 102 Å². The SMILES string of the molecule is CNC(=O)c1[nH]c(C(=O)O)cc1O. The number of hydrogen-bond donors (Lipinski definition) is 4. The van der Waals surface area contributed by atoms with Gasteiger partial charge in [-0.25, -0.2) is 4.79 Å². The Labute approximate surface area is 73.2 Å². The van der Waals surface area contributed by atoms with Crippen molar-refractivity contribution < 1.29 is 19.8 Å². The largest absolute Gasteiger partial charge is 0.505 e. The number of aromatic carboxylic acids is 1. The zero-order chi connectivity index (χ0) is 10.0. The molecule has 1 heterocycles. The minimum Gasteiger partial charge on any atom is -0.505 e. The third kappa shape index (κ3) is 1.61. The summed E-state index contributed by atoms with van der Waals surface area (Å²) < 4.78 is 0. The summed E-state index contributed by atoms with van der Waals surface area (Å²) in [6, 6.07) is 0.979. The molecule has 13 heavy (non-hydrogen) atoms. The summed E-state index contributed by atoms with van der Waals surface area (Å²) in [5.41, 5.74) is -0.379. The molecule has 0 spiro atoms. The summed E-state index contributed by atoms with van der Waals surface area (Å²) in [4.78, 5) is 23.6. The van der Waals surface area contributed by atoms with Gasteiger partial charge in [0.05, 0.1) is 0 Å². The lowest BCUT2D eigenvalue weighted by molar-refractivity contribution is 0.0691. The van der Waals surface area contributed by atoms with Crippen molar-refractivity contribution in [2.24, 2.45) is 0 Å². The van der Waals surface area contributed by atoms with Gasteiger partial charge in [-0.05, 0) is 0 Å². The lowest BCUT2D eigenvalue weighted by atomic mass is 10.3. The summed E-state index contributed by atoms with van der Waals surface area (Å²) in [6.45, 7) is 0. The number of rotatable bonds is 2. The van der Waals surface area contributed by atoms with Crippen LogP contribution in [0.1, 0.15) is 21.0 Å². The van der Waals surface area contributed by atoms with Gasteiger partial charge in [-0.3, -0.25) is 4.79 Å². The van der Waals surface area contributed by atoms with Gasteiger partial charge in [-0.2, -0.15) is 0 Å². The van der Waals surface area contributed by atoms with Crippen LogP contribution in [-0.2, 0) is 0 Å². The molecule has 70 valence electrons. The Morgan fingerprint density at radius 3 is 2.54 bits per heavy atom. The Hall–Kier alpha value is -1.98. The molecule has 1 rings (SSSR count). The molecule has 0 bridgehead atoms. The lowest BCUT2D eigenvalue weighted by Gasteiger charge is -1.95. The second kappa shape index (κ2) is 3.18. The number of aromatic amines is 1. The highest BCUT2D eigenvalue weighted by Crippen LogP contribution is 2.17. The van der Waals surface area contributed by atoms with E-state index in [1.807, 2.05) is 0 Å². The van der Waals surface area contributed by atoms with Crippen LogP contribution in [0, 0.1) is 0 Å². The van der Waals surface area contributed by atoms with Gasteiger partial charge in [0.1, 0.15) is 17.1 Å². The Kier molecular flexibility index (Phi) is 2.23. The Balaban J connectivity index is 3.10. The molecule has 0 aliphatic carbocycles. The van der Waals surface area contributed by atoms with E-state index < -0.39 is 11.9 Å². The molecule has 0 unspecified atom stereocenters. The quantitative estimate of drug-likeness (QED) is 0.510. The Morgan fingerprint density at radius 1 is 1.54 bits per heavy atom. The van der Waals surface area contributed by atoms with E-state index in [0.29, 0.717) is 0 Å². The van der Waals surface area contributed by atoms with Gasteiger partial charge in [0.2, 0.25) is 0 Å². The predicted octanol–water partition coefficient (Wildman–Crippen LogP) is -0.222. The highest BCUT2D eigenvalue weighted by atomic mass is 16.4. The number of carboxylic acid groups (broad SMARTS) is 1. The Morgan fingerprint density at radius 2 is 2.15 bits per heavy atom. The summed E-state index contributed by atoms with van der Waals surface area (Å²) in [5.74, 6) is -2.17. The maximum absolute atomic E-state index is 11.0. The van der Waals surface area contributed by atoms with Crippen LogP contribution in [0.15, 0.2) is 6.07 Å². The number of carbonyl (C=O) groups excluding carboxylic acids is 1. The van der Waals surface area contributed by atoms with Crippen molar-refractivity contribution in [2.45, 2.75) is 0 Å². The van der Waals surface area contributed by atoms with Crippen molar-refractivity contribution in [1.82, 2.24) is 10.3 Å². The molecular weight excluding hydrogens is 176 g/mol. The number of nitrogens with one attached hydrogen (secondary N) is 2. The molecule has 6 nitrogen and oxygen atoms in total. The van der Waals surface area contributed by atoms with Crippen molar-refractivity contribution in [3.05, 3.63) is 17.5 Å². The van der Waals surface area contributed by atoms with Crippen molar-refractivity contribution in [1.29, 1.82) is 0 Å². The first kappa shape index (κ1) is 9.11. The molecule has 0 radical (unpaired) electrons. The van der Waals surface area contributed by atoms with E-state index in [1.54, 1.807) is 0 Å². The second-order valence-corrected chi connectivity index (χ2v) is 2.33. The number of aromatic nitrogens is 1. The van der Waals surface area contributed by atoms with Gasteiger partial charge in [-0.15, -0.1) is 0 Å². The van der Waals surface area contributed by atoms with Crippen LogP contribution in [0.3, 0.4) is 0 Å². The zero-order valence-corrected chi connectivity index (χ0v) is 6.79. The van der Waals surface area contributed by atoms with Crippen molar-refractivity contribution in [2.75, 3.05) is 7.05 Å². The molecule has 0 aromatic carbocycles. The third-order valence-corrected chi connectivity index (χ3v) is 1.48. The number of carbonyl (C=O) groups is 2. The molecule has 1 amide bonds. The van der Waals surface area contributed by atoms with Crippen molar-refractivity contribution in [3.8, 4) is 5.75 Å². The highest BCUT2D eigenvalue weighted by Gasteiger charge is 2.16. The Bertz CT molecular complexity index is 355. The fraction of sp³-hybridized carbons (Fsp3) is 0.143. The molecule has 1 aromatic rings. The normalized spacial score (nSPS) is 9.62. The van der Waals surface area contributed by atoms with Gasteiger partial charge in [0.25, 0.3) is 5.91 Å². The van der Waals surface area contributed by atoms with Gasteiger partial charge >= 0.3 is 5.97 Å². The lowest BCUT2D eigenvalue weighted by Crippen LogP contribution is -2.18. The number of aromatic hydroxyl groups is 1. The monoisotopic (exact) mass is 184 g/mol. The molecule has 0 fully saturated rings. The molecule has 6 heteroatoms. The van der Waals surface area contributed by atoms with Gasteiger partial charge in [-0.1, -0.05) is 0 Å². The minimum absolute atomic E-state index is 0.153. The molecule has 4 N–H and O–H groups in total. The first-order chi connectivity index (χ1) is 6.06. The second-order valence-electron chi connectivity index (χ2n) is 2.33. The van der Waals surface area contributed by atoms with E-state index in [2.05, 4.69) is 10.3 Å². The molecule has 0 aliphatic rings. The molecule has 0 atom stereocenters. The van der Waals surface area contributed by atoms with E-state index in [0.717, 1.165) is 6.07 Å². The van der Waals surface area contributed by atoms with Gasteiger partial charge in [0.15, 0.2) is 0 Å². The van der Waals surface area contributed by atoms with Crippen LogP contribution in [0.5, 0.6) is 5.75 Å². The fourth-order valence-electron chi connectivity index (χ4n) is 0.857. The molecule has 0 saturated carbocycles. The average Bonchev–Trinajstić information content (AvgIpc) is 2.46. The third-order valence-electron chi connectivity index (χ3n) is 1.48. The van der Waals surface area contributed by atoms with E-state index >= 15 is 0 Å². The van der Waals surface area contributed by atoms with Crippen LogP contribution >= 0.6 is 0 Å². The summed E-state index contributed by atoms with van der Waals surface area (Å²) in [6.07, 6.45) is 0. The number of H-pyrrole nitrogens is 1. The zero-order valence-electron chi connectivity index (χ0n) is 6.79. The van der Waals surface area contributed by atoms with Crippen LogP contribution in [0.2, 0.25) is 0 Å². The standard InChI is InChI=1S/C7H8N2O4/c1-8-6(11)5-4(10)2-3(9-5)7(12)13/h2,9-10H,1H3,(H,8,11)(H,12,13). The first-order valence-electron chi connectivity index (χ1n) is 3.43. The maximum atomic E-state index is 11.0. The van der Waals surface area contributed by atoms with E-state index in [9.17, 15) is 9.59 Å². The van der Waals surface area contributed by atoms with Crippen LogP contribution < -0.4 is 5.32 Å². The average molecular weight is 184 g/mol. The van der Waals surface area contributed by atoms with Crippen LogP contribution in [-0.4, -0.2) is 34.1 Å². The maximum Gasteiger partial charge on any atom is 0.352 e. The van der Waals surface area contributed by atoms with Crippen LogP contribution in [0.4, 0.5) is 0 Å². The fourth-order valence-corrected chi connectivity index (χ4v) is 0.857. The highest BCUT2D eigenvalue weighted by molar-refractivity contribution is 5.97. The number of carboxylic acids is 1. The van der Waals surface area contributed by atoms with Crippen molar-refractivity contribution in [3.63, 3.8) is 0 Å². The first-order valence-corrected chi connectivity index (χ1v) is 3.43. The predicted molar refractivity (Wildman–Crippen MR) is 42.8 cm³/mol. The molecule has 0 saturated heterocycles. The van der Waals surface area contributed by atoms with E-state index in [1.165, 1.54) is 7.05 Å². The molecular formula is C7H8N2O4. The number of amides is 1. The van der Waals surface area contributed by atoms with E-state index in [4.69, 9.17) is 10.2 Å². The van der Waals surface area contributed by atoms with Gasteiger partial charge < -0.3 is 20.5 Å². The minimum atomic E-state index is -1.23. The smallest absolute Gasteiger partial charge is 0.352 e. The van der Waals surface area contributed by atoms with Gasteiger partial charge in [0, 0.05) is 13.1 Å². The van der Waals surface area contributed by atoms with Crippen molar-refractivity contribution >= 4 is 11.9 Å². The summed E-state index contributed by atoms with van der Waals surface area (Å²) in [7, 11) is 1.38. The van der Waals surface area contributed by atoms with E-state index in [-0.39, 0.29) is 17.1 Å². The number of hydrogen-bond acceptors (Lipinski definition) is 3. The summed E-state index contributed by atoms with van der Waals surface area (Å²) in [5, 5.41) is 19.9. The summed E-state index contributed by atoms with van der Waals surface area (Å²) >= 11 is 0.